The summed E-state index contributed by atoms with van der Waals surface area (Å²) in [6.45, 7) is 2.80. The topological polar surface area (TPSA) is 87.2 Å². The molecule has 0 aliphatic rings. The highest BCUT2D eigenvalue weighted by Crippen LogP contribution is 2.19. The van der Waals surface area contributed by atoms with Crippen LogP contribution in [0, 0.1) is 10.1 Å². The molecule has 1 aromatic rings. The van der Waals surface area contributed by atoms with Gasteiger partial charge in [-0.25, -0.2) is 15.1 Å². The van der Waals surface area contributed by atoms with Crippen molar-refractivity contribution in [2.24, 2.45) is 10.1 Å². The maximum Gasteiger partial charge on any atom is 0.299 e. The van der Waals surface area contributed by atoms with Crippen molar-refractivity contribution in [2.45, 2.75) is 13.5 Å². The summed E-state index contributed by atoms with van der Waals surface area (Å²) in [7, 11) is 3.54. The first-order valence-electron chi connectivity index (χ1n) is 5.71. The van der Waals surface area contributed by atoms with Gasteiger partial charge in [-0.3, -0.25) is 0 Å². The highest BCUT2D eigenvalue weighted by molar-refractivity contribution is 7.15. The summed E-state index contributed by atoms with van der Waals surface area (Å²) in [4.78, 5) is 22.8. The molecule has 0 fully saturated rings. The summed E-state index contributed by atoms with van der Waals surface area (Å²) in [5.41, 5.74) is 0. The van der Waals surface area contributed by atoms with Crippen LogP contribution in [0.15, 0.2) is 16.3 Å². The fourth-order valence-corrected chi connectivity index (χ4v) is 2.27. The van der Waals surface area contributed by atoms with Crippen LogP contribution in [-0.4, -0.2) is 52.8 Å². The van der Waals surface area contributed by atoms with Crippen LogP contribution in [0.25, 0.3) is 0 Å². The second-order valence-corrected chi connectivity index (χ2v) is 5.64. The number of hydrazone groups is 1. The van der Waals surface area contributed by atoms with Crippen molar-refractivity contribution in [3.8, 4) is 0 Å². The van der Waals surface area contributed by atoms with Crippen LogP contribution >= 0.6 is 22.9 Å². The molecule has 1 heterocycles. The Balaban J connectivity index is 2.93. The molecule has 0 saturated heterocycles. The molecule has 0 aliphatic heterocycles. The number of halogens is 1. The van der Waals surface area contributed by atoms with Crippen molar-refractivity contribution in [2.75, 3.05) is 20.6 Å². The number of aliphatic imine (C=N–C) groups is 1. The number of nitrogens with zero attached hydrogens (tertiary/aromatic N) is 6. The van der Waals surface area contributed by atoms with E-state index in [1.807, 2.05) is 6.92 Å². The van der Waals surface area contributed by atoms with Gasteiger partial charge >= 0.3 is 0 Å². The molecule has 0 unspecified atom stereocenters. The normalized spacial score (nSPS) is 11.9. The molecule has 0 bridgehead atoms. The first-order valence-corrected chi connectivity index (χ1v) is 6.90. The van der Waals surface area contributed by atoms with Crippen molar-refractivity contribution in [3.05, 3.63) is 25.7 Å². The summed E-state index contributed by atoms with van der Waals surface area (Å²) < 4.78 is 0.431. The number of hydrogen-bond donors (Lipinski definition) is 0. The molecule has 0 aliphatic carbocycles. The maximum atomic E-state index is 10.6. The molecular weight excluding hydrogens is 304 g/mol. The van der Waals surface area contributed by atoms with Crippen LogP contribution in [0.5, 0.6) is 0 Å². The van der Waals surface area contributed by atoms with Crippen LogP contribution in [0.3, 0.4) is 0 Å². The smallest absolute Gasteiger partial charge is 0.299 e. The SMILES string of the molecule is CCN(Cc1cnc(Cl)s1)C(=N/[N+](=O)[O-])/N=C/N(C)C. The van der Waals surface area contributed by atoms with E-state index in [-0.39, 0.29) is 5.96 Å². The van der Waals surface area contributed by atoms with E-state index in [0.717, 1.165) is 4.88 Å². The minimum atomic E-state index is -0.759. The second kappa shape index (κ2) is 7.75. The lowest BCUT2D eigenvalue weighted by molar-refractivity contribution is -0.485. The summed E-state index contributed by atoms with van der Waals surface area (Å²) in [6.07, 6.45) is 3.10. The molecule has 0 saturated carbocycles. The molecule has 110 valence electrons. The summed E-state index contributed by atoms with van der Waals surface area (Å²) in [6, 6.07) is 0. The molecule has 20 heavy (non-hydrogen) atoms. The average molecular weight is 319 g/mol. The first kappa shape index (κ1) is 16.3. The van der Waals surface area contributed by atoms with Gasteiger partial charge in [0.1, 0.15) is 5.10 Å². The Morgan fingerprint density at radius 3 is 2.80 bits per heavy atom. The van der Waals surface area contributed by atoms with Crippen LogP contribution in [-0.2, 0) is 6.54 Å². The molecule has 1 aromatic heterocycles. The highest BCUT2D eigenvalue weighted by atomic mass is 35.5. The number of guanidine groups is 1. The van der Waals surface area contributed by atoms with Gasteiger partial charge in [0.2, 0.25) is 0 Å². The zero-order valence-electron chi connectivity index (χ0n) is 11.4. The van der Waals surface area contributed by atoms with E-state index in [1.165, 1.54) is 17.7 Å². The molecule has 0 atom stereocenters. The standard InChI is InChI=1S/C10H15ClN6O2S/c1-4-16(6-8-5-12-9(11)20-8)10(14-17(18)19)13-7-15(2)3/h5,7H,4,6H2,1-3H3/b13-7+,14-10+. The third-order valence-electron chi connectivity index (χ3n) is 2.11. The summed E-state index contributed by atoms with van der Waals surface area (Å²) >= 11 is 7.09. The number of rotatable bonds is 5. The minimum Gasteiger partial charge on any atom is -0.369 e. The van der Waals surface area contributed by atoms with Gasteiger partial charge in [-0.2, -0.15) is 4.99 Å². The average Bonchev–Trinajstić information content (AvgIpc) is 2.76. The van der Waals surface area contributed by atoms with Gasteiger partial charge in [-0.15, -0.1) is 11.3 Å². The molecular formula is C10H15ClN6O2S. The zero-order chi connectivity index (χ0) is 15.1. The van der Waals surface area contributed by atoms with Gasteiger partial charge < -0.3 is 9.80 Å². The predicted octanol–water partition coefficient (Wildman–Crippen LogP) is 1.76. The number of nitro groups is 1. The monoisotopic (exact) mass is 318 g/mol. The van der Waals surface area contributed by atoms with Crippen molar-refractivity contribution < 1.29 is 5.03 Å². The van der Waals surface area contributed by atoms with Gasteiger partial charge in [-0.1, -0.05) is 11.6 Å². The van der Waals surface area contributed by atoms with Gasteiger partial charge in [0.15, 0.2) is 9.50 Å². The Bertz CT molecular complexity index is 516. The fraction of sp³-hybridized carbons (Fsp3) is 0.500. The van der Waals surface area contributed by atoms with Crippen LogP contribution < -0.4 is 0 Å². The first-order chi connectivity index (χ1) is 9.42. The lowest BCUT2D eigenvalue weighted by Crippen LogP contribution is -2.30. The minimum absolute atomic E-state index is 0.0377. The van der Waals surface area contributed by atoms with Crippen molar-refractivity contribution in [1.29, 1.82) is 0 Å². The predicted molar refractivity (Wildman–Crippen MR) is 79.8 cm³/mol. The van der Waals surface area contributed by atoms with E-state index in [2.05, 4.69) is 15.1 Å². The van der Waals surface area contributed by atoms with Crippen molar-refractivity contribution >= 4 is 35.2 Å². The van der Waals surface area contributed by atoms with E-state index < -0.39 is 5.03 Å². The second-order valence-electron chi connectivity index (χ2n) is 3.94. The van der Waals surface area contributed by atoms with Crippen molar-refractivity contribution in [1.82, 2.24) is 14.8 Å². The zero-order valence-corrected chi connectivity index (χ0v) is 12.9. The summed E-state index contributed by atoms with van der Waals surface area (Å²) in [5.74, 6) is 0.0377. The number of aromatic nitrogens is 1. The fourth-order valence-electron chi connectivity index (χ4n) is 1.28. The highest BCUT2D eigenvalue weighted by Gasteiger charge is 2.15. The van der Waals surface area contributed by atoms with E-state index in [4.69, 9.17) is 11.6 Å². The number of thiazole rings is 1. The lowest BCUT2D eigenvalue weighted by atomic mass is 10.4. The molecule has 8 nitrogen and oxygen atoms in total. The Morgan fingerprint density at radius 2 is 2.35 bits per heavy atom. The van der Waals surface area contributed by atoms with E-state index in [9.17, 15) is 10.1 Å². The Morgan fingerprint density at radius 1 is 1.65 bits per heavy atom. The maximum absolute atomic E-state index is 10.6. The molecule has 1 rings (SSSR count). The molecule has 0 radical (unpaired) electrons. The van der Waals surface area contributed by atoms with Gasteiger partial charge in [0.05, 0.1) is 12.9 Å². The molecule has 0 N–H and O–H groups in total. The quantitative estimate of drug-likeness (QED) is 0.357. The molecule has 10 heteroatoms. The third-order valence-corrected chi connectivity index (χ3v) is 3.21. The molecule has 0 aromatic carbocycles. The number of hydrogen-bond acceptors (Lipinski definition) is 4. The van der Waals surface area contributed by atoms with E-state index >= 15 is 0 Å². The van der Waals surface area contributed by atoms with Crippen LogP contribution in [0.4, 0.5) is 0 Å². The molecule has 0 amide bonds. The Labute approximate surface area is 125 Å². The Kier molecular flexibility index (Phi) is 6.32. The molecule has 0 spiro atoms. The van der Waals surface area contributed by atoms with E-state index in [1.54, 1.807) is 30.1 Å². The van der Waals surface area contributed by atoms with Crippen LogP contribution in [0.2, 0.25) is 4.47 Å². The Hall–Kier alpha value is -1.74. The van der Waals surface area contributed by atoms with Gasteiger partial charge in [0, 0.05) is 31.7 Å². The lowest BCUT2D eigenvalue weighted by Gasteiger charge is -2.18. The summed E-state index contributed by atoms with van der Waals surface area (Å²) in [5, 5.41) is 13.2. The van der Waals surface area contributed by atoms with Crippen molar-refractivity contribution in [3.63, 3.8) is 0 Å². The van der Waals surface area contributed by atoms with Crippen LogP contribution in [0.1, 0.15) is 11.8 Å². The largest absolute Gasteiger partial charge is 0.369 e. The third kappa shape index (κ3) is 5.49. The van der Waals surface area contributed by atoms with Gasteiger partial charge in [-0.05, 0) is 6.92 Å². The van der Waals surface area contributed by atoms with E-state index in [0.29, 0.717) is 17.6 Å². The van der Waals surface area contributed by atoms with Gasteiger partial charge in [0.25, 0.3) is 5.96 Å².